The quantitative estimate of drug-likeness (QED) is 0.165. The van der Waals surface area contributed by atoms with Gasteiger partial charge in [0.2, 0.25) is 0 Å². The minimum absolute atomic E-state index is 0.935. The van der Waals surface area contributed by atoms with Crippen LogP contribution in [0.2, 0.25) is 0 Å². The minimum Gasteiger partial charge on any atom is -0.309 e. The maximum Gasteiger partial charge on any atom is 0.0978 e. The minimum atomic E-state index is 0.935. The zero-order chi connectivity index (χ0) is 45.3. The highest BCUT2D eigenvalue weighted by Crippen LogP contribution is 2.43. The number of hydrogen-bond acceptors (Lipinski definition) is 2. The fourth-order valence-electron chi connectivity index (χ4n) is 11.7. The first-order valence-corrected chi connectivity index (χ1v) is 23.7. The first kappa shape index (κ1) is 38.0. The second-order valence-electron chi connectivity index (χ2n) is 18.5. The number of aromatic nitrogens is 4. The van der Waals surface area contributed by atoms with Crippen LogP contribution in [-0.2, 0) is 0 Å². The zero-order valence-corrected chi connectivity index (χ0v) is 37.7. The number of rotatable bonds is 4. The second kappa shape index (κ2) is 14.4. The molecule has 69 heavy (non-hydrogen) atoms. The average molecular weight is 877 g/mol. The van der Waals surface area contributed by atoms with Crippen LogP contribution in [0.15, 0.2) is 225 Å². The van der Waals surface area contributed by atoms with Gasteiger partial charge in [-0.25, -0.2) is 4.98 Å². The molecule has 0 fully saturated rings. The van der Waals surface area contributed by atoms with Crippen molar-refractivity contribution in [3.8, 4) is 33.8 Å². The van der Waals surface area contributed by atoms with Gasteiger partial charge in [-0.05, 0) is 146 Å². The molecule has 4 heterocycles. The molecule has 0 N–H and O–H groups in total. The summed E-state index contributed by atoms with van der Waals surface area (Å²) in [5.41, 5.74) is 14.6. The Bertz CT molecular complexity index is 4580. The van der Waals surface area contributed by atoms with E-state index in [1.54, 1.807) is 0 Å². The molecule has 0 aliphatic carbocycles. The molecule has 0 bridgehead atoms. The highest BCUT2D eigenvalue weighted by atomic mass is 15.0. The van der Waals surface area contributed by atoms with Crippen LogP contribution in [0.5, 0.6) is 0 Å². The Morgan fingerprint density at radius 3 is 1.38 bits per heavy atom. The van der Waals surface area contributed by atoms with Crippen molar-refractivity contribution in [2.24, 2.45) is 0 Å². The van der Waals surface area contributed by atoms with Crippen LogP contribution in [0.25, 0.3) is 142 Å². The van der Waals surface area contributed by atoms with E-state index in [0.29, 0.717) is 0 Å². The number of hydrogen-bond donors (Lipinski definition) is 0. The number of fused-ring (bicyclic) bond motifs is 18. The fraction of sp³-hybridized carbons (Fsp3) is 0.0154. The lowest BCUT2D eigenvalue weighted by molar-refractivity contribution is 1.15. The Kier molecular flexibility index (Phi) is 7.96. The SMILES string of the molecule is Cc1cc(-c2ccc3c(c2)c2ccccc2c2cc4c5ccccc5n(-c5ccc(-n6c7ccccc7c7ccccc76)cc5)c4cc32)ccc1-c1ccc2c3ccccc3c3cccnc3c2n1. The predicted octanol–water partition coefficient (Wildman–Crippen LogP) is 17.2. The molecule has 0 amide bonds. The molecule has 15 rings (SSSR count). The van der Waals surface area contributed by atoms with Crippen molar-refractivity contribution in [3.63, 3.8) is 0 Å². The van der Waals surface area contributed by atoms with Gasteiger partial charge in [0, 0.05) is 55.5 Å². The molecule has 0 radical (unpaired) electrons. The van der Waals surface area contributed by atoms with Crippen molar-refractivity contribution >= 4 is 109 Å². The Balaban J connectivity index is 0.870. The molecule has 4 heteroatoms. The number of aryl methyl sites for hydroxylation is 1. The molecule has 4 nitrogen and oxygen atoms in total. The summed E-state index contributed by atoms with van der Waals surface area (Å²) in [7, 11) is 0. The number of pyridine rings is 2. The van der Waals surface area contributed by atoms with Crippen LogP contribution >= 0.6 is 0 Å². The van der Waals surface area contributed by atoms with E-state index in [0.717, 1.165) is 44.4 Å². The van der Waals surface area contributed by atoms with E-state index in [4.69, 9.17) is 9.97 Å². The normalized spacial score (nSPS) is 12.1. The Labute approximate surface area is 396 Å². The Morgan fingerprint density at radius 1 is 0.304 bits per heavy atom. The van der Waals surface area contributed by atoms with Crippen LogP contribution in [0.1, 0.15) is 5.56 Å². The van der Waals surface area contributed by atoms with Crippen molar-refractivity contribution < 1.29 is 0 Å². The third-order valence-electron chi connectivity index (χ3n) is 14.8. The smallest absolute Gasteiger partial charge is 0.0978 e. The number of para-hydroxylation sites is 3. The van der Waals surface area contributed by atoms with Crippen molar-refractivity contribution in [1.29, 1.82) is 0 Å². The van der Waals surface area contributed by atoms with E-state index >= 15 is 0 Å². The zero-order valence-electron chi connectivity index (χ0n) is 37.7. The lowest BCUT2D eigenvalue weighted by Crippen LogP contribution is -1.97. The summed E-state index contributed by atoms with van der Waals surface area (Å²) in [5.74, 6) is 0. The fourth-order valence-corrected chi connectivity index (χ4v) is 11.7. The molecular formula is C65H40N4. The molecule has 0 saturated heterocycles. The second-order valence-corrected chi connectivity index (χ2v) is 18.5. The summed E-state index contributed by atoms with van der Waals surface area (Å²) in [6.07, 6.45) is 1.87. The lowest BCUT2D eigenvalue weighted by atomic mass is 9.90. The molecule has 0 atom stereocenters. The van der Waals surface area contributed by atoms with Gasteiger partial charge < -0.3 is 9.13 Å². The summed E-state index contributed by atoms with van der Waals surface area (Å²) in [6, 6.07) is 80.1. The summed E-state index contributed by atoms with van der Waals surface area (Å²) in [5, 5.41) is 17.2. The monoisotopic (exact) mass is 876 g/mol. The van der Waals surface area contributed by atoms with Crippen molar-refractivity contribution in [2.45, 2.75) is 6.92 Å². The maximum atomic E-state index is 5.32. The first-order chi connectivity index (χ1) is 34.1. The molecule has 0 saturated carbocycles. The van der Waals surface area contributed by atoms with Gasteiger partial charge in [-0.3, -0.25) is 4.98 Å². The van der Waals surface area contributed by atoms with Crippen LogP contribution in [0, 0.1) is 6.92 Å². The molecule has 11 aromatic carbocycles. The van der Waals surface area contributed by atoms with Crippen molar-refractivity contribution in [1.82, 2.24) is 19.1 Å². The Hall–Kier alpha value is -9.12. The third-order valence-corrected chi connectivity index (χ3v) is 14.8. The van der Waals surface area contributed by atoms with Gasteiger partial charge in [0.15, 0.2) is 0 Å². The third kappa shape index (κ3) is 5.51. The van der Waals surface area contributed by atoms with Gasteiger partial charge in [0.05, 0.1) is 38.8 Å². The molecule has 0 spiro atoms. The van der Waals surface area contributed by atoms with Gasteiger partial charge in [-0.15, -0.1) is 0 Å². The summed E-state index contributed by atoms with van der Waals surface area (Å²) in [4.78, 5) is 10.2. The standard InChI is InChI=1S/C65H40N4/c1-39-35-40(24-30-44(39)59-33-32-54-46-14-3-2-13-45(46)53-20-12-34-66-64(53)65(54)67-59)41-25-31-49-55(36-41)47-15-4-5-16-48(47)56-37-58-52-19-8-11-23-62(52)69(63(58)38-57(49)56)43-28-26-42(27-29-43)68-60-21-9-6-17-50(60)51-18-7-10-22-61(51)68/h2-38H,1H3. The summed E-state index contributed by atoms with van der Waals surface area (Å²) >= 11 is 0. The highest BCUT2D eigenvalue weighted by Gasteiger charge is 2.19. The summed E-state index contributed by atoms with van der Waals surface area (Å²) in [6.45, 7) is 2.20. The van der Waals surface area contributed by atoms with Gasteiger partial charge >= 0.3 is 0 Å². The van der Waals surface area contributed by atoms with E-state index < -0.39 is 0 Å². The molecule has 0 aliphatic rings. The van der Waals surface area contributed by atoms with E-state index in [-0.39, 0.29) is 0 Å². The van der Waals surface area contributed by atoms with Gasteiger partial charge in [-0.1, -0.05) is 140 Å². The van der Waals surface area contributed by atoms with Crippen molar-refractivity contribution in [2.75, 3.05) is 0 Å². The first-order valence-electron chi connectivity index (χ1n) is 23.7. The van der Waals surface area contributed by atoms with Crippen LogP contribution < -0.4 is 0 Å². The lowest BCUT2D eigenvalue weighted by Gasteiger charge is -2.15. The molecule has 320 valence electrons. The molecular weight excluding hydrogens is 837 g/mol. The van der Waals surface area contributed by atoms with E-state index in [2.05, 4.69) is 228 Å². The molecule has 0 aliphatic heterocycles. The average Bonchev–Trinajstić information content (AvgIpc) is 3.93. The van der Waals surface area contributed by atoms with E-state index in [9.17, 15) is 0 Å². The number of nitrogens with zero attached hydrogens (tertiary/aromatic N) is 4. The van der Waals surface area contributed by atoms with Gasteiger partial charge in [-0.2, -0.15) is 0 Å². The maximum absolute atomic E-state index is 5.32. The largest absolute Gasteiger partial charge is 0.309 e. The predicted molar refractivity (Wildman–Crippen MR) is 291 cm³/mol. The van der Waals surface area contributed by atoms with Crippen LogP contribution in [0.3, 0.4) is 0 Å². The highest BCUT2D eigenvalue weighted by molar-refractivity contribution is 6.29. The molecule has 15 aromatic rings. The van der Waals surface area contributed by atoms with Crippen LogP contribution in [-0.4, -0.2) is 19.1 Å². The number of benzene rings is 11. The van der Waals surface area contributed by atoms with E-state index in [1.807, 2.05) is 12.3 Å². The topological polar surface area (TPSA) is 35.6 Å². The molecule has 0 unspecified atom stereocenters. The molecule has 4 aromatic heterocycles. The Morgan fingerprint density at radius 2 is 0.754 bits per heavy atom. The van der Waals surface area contributed by atoms with Gasteiger partial charge in [0.25, 0.3) is 0 Å². The van der Waals surface area contributed by atoms with Crippen molar-refractivity contribution in [3.05, 3.63) is 230 Å². The van der Waals surface area contributed by atoms with Crippen LogP contribution in [0.4, 0.5) is 0 Å². The van der Waals surface area contributed by atoms with E-state index in [1.165, 1.54) is 103 Å². The van der Waals surface area contributed by atoms with Gasteiger partial charge in [0.1, 0.15) is 0 Å². The summed E-state index contributed by atoms with van der Waals surface area (Å²) < 4.78 is 4.84.